The maximum Gasteiger partial charge on any atom is 0.0859 e. The van der Waals surface area contributed by atoms with Crippen molar-refractivity contribution in [3.63, 3.8) is 0 Å². The van der Waals surface area contributed by atoms with Crippen LogP contribution < -0.4 is 0 Å². The summed E-state index contributed by atoms with van der Waals surface area (Å²) in [7, 11) is 0. The molecule has 0 atom stereocenters. The average Bonchev–Trinajstić information content (AvgIpc) is 2.17. The zero-order valence-electron chi connectivity index (χ0n) is 6.87. The smallest absolute Gasteiger partial charge is 0.0859 e. The highest BCUT2D eigenvalue weighted by atomic mass is 35.5. The van der Waals surface area contributed by atoms with E-state index in [0.29, 0.717) is 10.7 Å². The highest BCUT2D eigenvalue weighted by molar-refractivity contribution is 6.35. The number of aromatic nitrogens is 1. The van der Waals surface area contributed by atoms with Crippen LogP contribution in [0.4, 0.5) is 0 Å². The minimum atomic E-state index is -0.0823. The number of benzene rings is 1. The van der Waals surface area contributed by atoms with Crippen molar-refractivity contribution in [3.8, 4) is 0 Å². The molecule has 1 N–H and O–H groups in total. The lowest BCUT2D eigenvalue weighted by Gasteiger charge is -2.03. The van der Waals surface area contributed by atoms with E-state index in [1.165, 1.54) is 0 Å². The minimum Gasteiger partial charge on any atom is -0.390 e. The van der Waals surface area contributed by atoms with E-state index in [2.05, 4.69) is 4.98 Å². The molecule has 1 aromatic heterocycles. The Kier molecular flexibility index (Phi) is 2.17. The van der Waals surface area contributed by atoms with Gasteiger partial charge in [0.2, 0.25) is 0 Å². The number of fused-ring (bicyclic) bond motifs is 1. The van der Waals surface area contributed by atoms with Gasteiger partial charge in [-0.15, -0.1) is 0 Å². The molecule has 0 aliphatic heterocycles. The van der Waals surface area contributed by atoms with Crippen molar-refractivity contribution in [1.29, 1.82) is 0 Å². The van der Waals surface area contributed by atoms with Gasteiger partial charge in [-0.3, -0.25) is 4.98 Å². The monoisotopic (exact) mass is 193 g/mol. The fourth-order valence-electron chi connectivity index (χ4n) is 1.38. The second-order valence-corrected chi connectivity index (χ2v) is 3.16. The molecular weight excluding hydrogens is 186 g/mol. The molecule has 0 saturated carbocycles. The third-order valence-corrected chi connectivity index (χ3v) is 2.28. The molecule has 0 radical (unpaired) electrons. The molecule has 0 bridgehead atoms. The van der Waals surface area contributed by atoms with Gasteiger partial charge >= 0.3 is 0 Å². The quantitative estimate of drug-likeness (QED) is 0.755. The summed E-state index contributed by atoms with van der Waals surface area (Å²) in [5.41, 5.74) is 0.628. The molecule has 0 saturated heterocycles. The maximum atomic E-state index is 9.04. The zero-order valence-corrected chi connectivity index (χ0v) is 7.62. The Labute approximate surface area is 80.8 Å². The van der Waals surface area contributed by atoms with Crippen molar-refractivity contribution in [1.82, 2.24) is 4.98 Å². The summed E-state index contributed by atoms with van der Waals surface area (Å²) in [6.07, 6.45) is 1.67. The summed E-state index contributed by atoms with van der Waals surface area (Å²) in [6.45, 7) is -0.0823. The van der Waals surface area contributed by atoms with Gasteiger partial charge in [0, 0.05) is 11.6 Å². The third-order valence-electron chi connectivity index (χ3n) is 1.97. The molecule has 0 unspecified atom stereocenters. The average molecular weight is 194 g/mol. The van der Waals surface area contributed by atoms with E-state index in [9.17, 15) is 0 Å². The number of nitrogens with zero attached hydrogens (tertiary/aromatic N) is 1. The molecule has 0 aliphatic rings. The van der Waals surface area contributed by atoms with E-state index in [0.717, 1.165) is 10.8 Å². The molecule has 2 nitrogen and oxygen atoms in total. The summed E-state index contributed by atoms with van der Waals surface area (Å²) in [4.78, 5) is 4.05. The van der Waals surface area contributed by atoms with E-state index in [4.69, 9.17) is 16.7 Å². The standard InChI is InChI=1S/C10H8ClNO/c11-8-3-1-2-7-4-5-12-9(6-13)10(7)8/h1-5,13H,6H2. The van der Waals surface area contributed by atoms with E-state index in [1.54, 1.807) is 12.3 Å². The second kappa shape index (κ2) is 3.32. The first-order chi connectivity index (χ1) is 6.33. The summed E-state index contributed by atoms with van der Waals surface area (Å²) < 4.78 is 0. The van der Waals surface area contributed by atoms with Crippen LogP contribution in [-0.2, 0) is 6.61 Å². The van der Waals surface area contributed by atoms with Crippen molar-refractivity contribution in [2.45, 2.75) is 6.61 Å². The normalized spacial score (nSPS) is 10.6. The zero-order chi connectivity index (χ0) is 9.26. The van der Waals surface area contributed by atoms with Crippen molar-refractivity contribution < 1.29 is 5.11 Å². The van der Waals surface area contributed by atoms with Gasteiger partial charge in [-0.1, -0.05) is 23.7 Å². The van der Waals surface area contributed by atoms with Gasteiger partial charge in [-0.25, -0.2) is 0 Å². The SMILES string of the molecule is OCc1nccc2cccc(Cl)c12. The molecule has 13 heavy (non-hydrogen) atoms. The van der Waals surface area contributed by atoms with Crippen molar-refractivity contribution in [3.05, 3.63) is 41.2 Å². The number of aliphatic hydroxyl groups is 1. The van der Waals surface area contributed by atoms with Gasteiger partial charge in [-0.2, -0.15) is 0 Å². The lowest BCUT2D eigenvalue weighted by atomic mass is 10.1. The lowest BCUT2D eigenvalue weighted by Crippen LogP contribution is -1.90. The van der Waals surface area contributed by atoms with Crippen LogP contribution >= 0.6 is 11.6 Å². The highest BCUT2D eigenvalue weighted by Crippen LogP contribution is 2.25. The first-order valence-electron chi connectivity index (χ1n) is 3.96. The predicted octanol–water partition coefficient (Wildman–Crippen LogP) is 2.38. The molecule has 0 amide bonds. The van der Waals surface area contributed by atoms with Gasteiger partial charge < -0.3 is 5.11 Å². The number of hydrogen-bond acceptors (Lipinski definition) is 2. The number of pyridine rings is 1. The van der Waals surface area contributed by atoms with Crippen LogP contribution in [0.2, 0.25) is 5.02 Å². The fourth-order valence-corrected chi connectivity index (χ4v) is 1.67. The molecule has 3 heteroatoms. The first-order valence-corrected chi connectivity index (χ1v) is 4.33. The largest absolute Gasteiger partial charge is 0.390 e. The van der Waals surface area contributed by atoms with Crippen LogP contribution in [0.15, 0.2) is 30.5 Å². The van der Waals surface area contributed by atoms with Crippen LogP contribution in [0.5, 0.6) is 0 Å². The molecule has 66 valence electrons. The van der Waals surface area contributed by atoms with E-state index in [-0.39, 0.29) is 6.61 Å². The Morgan fingerprint density at radius 1 is 1.31 bits per heavy atom. The summed E-state index contributed by atoms with van der Waals surface area (Å²) in [5.74, 6) is 0. The minimum absolute atomic E-state index is 0.0823. The lowest BCUT2D eigenvalue weighted by molar-refractivity contribution is 0.278. The number of rotatable bonds is 1. The first kappa shape index (κ1) is 8.48. The van der Waals surface area contributed by atoms with Crippen LogP contribution in [0.25, 0.3) is 10.8 Å². The summed E-state index contributed by atoms with van der Waals surface area (Å²) >= 11 is 5.99. The summed E-state index contributed by atoms with van der Waals surface area (Å²) in [6, 6.07) is 7.50. The second-order valence-electron chi connectivity index (χ2n) is 2.75. The van der Waals surface area contributed by atoms with Gasteiger partial charge in [0.1, 0.15) is 0 Å². The Morgan fingerprint density at radius 2 is 2.15 bits per heavy atom. The third kappa shape index (κ3) is 1.39. The molecule has 0 fully saturated rings. The van der Waals surface area contributed by atoms with Gasteiger partial charge in [0.05, 0.1) is 17.3 Å². The molecule has 1 heterocycles. The Balaban J connectivity index is 2.87. The van der Waals surface area contributed by atoms with E-state index in [1.807, 2.05) is 18.2 Å². The van der Waals surface area contributed by atoms with Crippen LogP contribution in [-0.4, -0.2) is 10.1 Å². The van der Waals surface area contributed by atoms with Crippen LogP contribution in [0.3, 0.4) is 0 Å². The molecule has 0 spiro atoms. The van der Waals surface area contributed by atoms with Gasteiger partial charge in [-0.05, 0) is 17.5 Å². The number of halogens is 1. The Hall–Kier alpha value is -1.12. The van der Waals surface area contributed by atoms with Crippen LogP contribution in [0.1, 0.15) is 5.69 Å². The van der Waals surface area contributed by atoms with Crippen molar-refractivity contribution >= 4 is 22.4 Å². The topological polar surface area (TPSA) is 33.1 Å². The Morgan fingerprint density at radius 3 is 2.92 bits per heavy atom. The highest BCUT2D eigenvalue weighted by Gasteiger charge is 2.03. The van der Waals surface area contributed by atoms with Crippen LogP contribution in [0, 0.1) is 0 Å². The van der Waals surface area contributed by atoms with Crippen molar-refractivity contribution in [2.75, 3.05) is 0 Å². The van der Waals surface area contributed by atoms with E-state index < -0.39 is 0 Å². The maximum absolute atomic E-state index is 9.04. The molecule has 2 rings (SSSR count). The molecule has 1 aromatic carbocycles. The molecule has 0 aliphatic carbocycles. The van der Waals surface area contributed by atoms with Crippen molar-refractivity contribution in [2.24, 2.45) is 0 Å². The summed E-state index contributed by atoms with van der Waals surface area (Å²) in [5, 5.41) is 11.5. The fraction of sp³-hybridized carbons (Fsp3) is 0.100. The number of aliphatic hydroxyl groups excluding tert-OH is 1. The molecule has 2 aromatic rings. The van der Waals surface area contributed by atoms with E-state index >= 15 is 0 Å². The predicted molar refractivity (Wildman–Crippen MR) is 52.7 cm³/mol. The van der Waals surface area contributed by atoms with Gasteiger partial charge in [0.15, 0.2) is 0 Å². The number of hydrogen-bond donors (Lipinski definition) is 1. The van der Waals surface area contributed by atoms with Gasteiger partial charge in [0.25, 0.3) is 0 Å². The Bertz CT molecular complexity index is 437. The molecular formula is C10H8ClNO.